The highest BCUT2D eigenvalue weighted by Crippen LogP contribution is 2.22. The highest BCUT2D eigenvalue weighted by Gasteiger charge is 2.26. The third-order valence-electron chi connectivity index (χ3n) is 1.79. The summed E-state index contributed by atoms with van der Waals surface area (Å²) in [5, 5.41) is 17.9. The van der Waals surface area contributed by atoms with E-state index in [1.165, 1.54) is 0 Å². The molecule has 0 bridgehead atoms. The quantitative estimate of drug-likeness (QED) is 0.572. The van der Waals surface area contributed by atoms with Gasteiger partial charge >= 0.3 is 5.97 Å². The Labute approximate surface area is 72.4 Å². The number of carboxylic acids is 1. The molecule has 72 valence electrons. The Morgan fingerprint density at radius 1 is 1.50 bits per heavy atom. The molecule has 0 rings (SSSR count). The van der Waals surface area contributed by atoms with Crippen LogP contribution in [-0.4, -0.2) is 28.3 Å². The Hall–Kier alpha value is -0.610. The van der Waals surface area contributed by atoms with Crippen molar-refractivity contribution in [2.45, 2.75) is 39.3 Å². The largest absolute Gasteiger partial charge is 0.480 e. The van der Waals surface area contributed by atoms with Crippen molar-refractivity contribution in [2.75, 3.05) is 0 Å². The minimum absolute atomic E-state index is 0.0961. The molecule has 0 spiro atoms. The van der Waals surface area contributed by atoms with Gasteiger partial charge in [-0.15, -0.1) is 0 Å². The molecule has 0 heterocycles. The highest BCUT2D eigenvalue weighted by molar-refractivity contribution is 5.73. The standard InChI is InChI=1S/C8H17NO3/c1-8(2,3)6(10)4-5(9)7(11)12/h5-6,10H,4,9H2,1-3H3,(H,11,12)/t5-,6+/m1/s1. The van der Waals surface area contributed by atoms with Crippen LogP contribution in [0.1, 0.15) is 27.2 Å². The minimum atomic E-state index is -1.07. The van der Waals surface area contributed by atoms with Crippen LogP contribution < -0.4 is 5.73 Å². The second kappa shape index (κ2) is 3.87. The number of aliphatic hydroxyl groups is 1. The van der Waals surface area contributed by atoms with Crippen molar-refractivity contribution in [1.29, 1.82) is 0 Å². The average molecular weight is 175 g/mol. The van der Waals surface area contributed by atoms with Gasteiger partial charge < -0.3 is 15.9 Å². The van der Waals surface area contributed by atoms with Crippen LogP contribution in [0.2, 0.25) is 0 Å². The first-order valence-corrected chi connectivity index (χ1v) is 3.91. The van der Waals surface area contributed by atoms with Crippen molar-refractivity contribution < 1.29 is 15.0 Å². The molecular weight excluding hydrogens is 158 g/mol. The van der Waals surface area contributed by atoms with Crippen LogP contribution in [0.4, 0.5) is 0 Å². The van der Waals surface area contributed by atoms with Crippen molar-refractivity contribution >= 4 is 5.97 Å². The zero-order valence-electron chi connectivity index (χ0n) is 7.74. The maximum Gasteiger partial charge on any atom is 0.320 e. The molecule has 0 aromatic carbocycles. The molecule has 0 saturated carbocycles. The summed E-state index contributed by atoms with van der Waals surface area (Å²) in [6.07, 6.45) is -0.581. The van der Waals surface area contributed by atoms with Crippen molar-refractivity contribution in [3.63, 3.8) is 0 Å². The number of nitrogens with two attached hydrogens (primary N) is 1. The maximum absolute atomic E-state index is 10.3. The summed E-state index contributed by atoms with van der Waals surface area (Å²) in [7, 11) is 0. The second-order valence-corrected chi connectivity index (χ2v) is 4.06. The molecule has 0 aromatic rings. The molecule has 12 heavy (non-hydrogen) atoms. The predicted octanol–water partition coefficient (Wildman–Crippen LogP) is 0.195. The molecule has 4 nitrogen and oxygen atoms in total. The third kappa shape index (κ3) is 3.69. The Morgan fingerprint density at radius 2 is 1.92 bits per heavy atom. The summed E-state index contributed by atoms with van der Waals surface area (Å²) in [6, 6.07) is -0.973. The van der Waals surface area contributed by atoms with Gasteiger partial charge in [-0.2, -0.15) is 0 Å². The van der Waals surface area contributed by atoms with Crippen molar-refractivity contribution in [1.82, 2.24) is 0 Å². The van der Waals surface area contributed by atoms with Gasteiger partial charge in [0.15, 0.2) is 0 Å². The van der Waals surface area contributed by atoms with Gasteiger partial charge in [-0.3, -0.25) is 4.79 Å². The summed E-state index contributed by atoms with van der Waals surface area (Å²) >= 11 is 0. The molecule has 0 aliphatic heterocycles. The van der Waals surface area contributed by atoms with E-state index in [0.29, 0.717) is 0 Å². The number of hydrogen-bond acceptors (Lipinski definition) is 3. The molecule has 0 fully saturated rings. The zero-order chi connectivity index (χ0) is 9.94. The van der Waals surface area contributed by atoms with Gasteiger partial charge in [-0.05, 0) is 11.8 Å². The van der Waals surface area contributed by atoms with Crippen molar-refractivity contribution in [2.24, 2.45) is 11.1 Å². The third-order valence-corrected chi connectivity index (χ3v) is 1.79. The number of carboxylic acid groups (broad SMARTS) is 1. The number of aliphatic carboxylic acids is 1. The Balaban J connectivity index is 4.01. The summed E-state index contributed by atoms with van der Waals surface area (Å²) < 4.78 is 0. The number of rotatable bonds is 3. The van der Waals surface area contributed by atoms with Gasteiger partial charge in [0.25, 0.3) is 0 Å². The molecule has 0 radical (unpaired) electrons. The van der Waals surface area contributed by atoms with Crippen LogP contribution in [-0.2, 0) is 4.79 Å². The molecule has 0 aliphatic rings. The van der Waals surface area contributed by atoms with E-state index in [1.807, 2.05) is 20.8 Å². The monoisotopic (exact) mass is 175 g/mol. The van der Waals surface area contributed by atoms with E-state index in [9.17, 15) is 9.90 Å². The number of aliphatic hydroxyl groups excluding tert-OH is 1. The molecule has 4 heteroatoms. The zero-order valence-corrected chi connectivity index (χ0v) is 7.74. The van der Waals surface area contributed by atoms with Gasteiger partial charge in [-0.1, -0.05) is 20.8 Å². The first-order valence-electron chi connectivity index (χ1n) is 3.91. The molecule has 0 saturated heterocycles. The summed E-state index contributed by atoms with van der Waals surface area (Å²) in [6.45, 7) is 5.52. The van der Waals surface area contributed by atoms with Crippen LogP contribution in [0, 0.1) is 5.41 Å². The summed E-state index contributed by atoms with van der Waals surface area (Å²) in [5.74, 6) is -1.07. The van der Waals surface area contributed by atoms with Gasteiger partial charge in [-0.25, -0.2) is 0 Å². The van der Waals surface area contributed by atoms with Crippen molar-refractivity contribution in [3.05, 3.63) is 0 Å². The van der Waals surface area contributed by atoms with Gasteiger partial charge in [0, 0.05) is 0 Å². The lowest BCUT2D eigenvalue weighted by atomic mass is 9.85. The molecule has 0 unspecified atom stereocenters. The topological polar surface area (TPSA) is 83.5 Å². The first kappa shape index (κ1) is 11.4. The lowest BCUT2D eigenvalue weighted by Crippen LogP contribution is -2.38. The van der Waals surface area contributed by atoms with Gasteiger partial charge in [0.2, 0.25) is 0 Å². The van der Waals surface area contributed by atoms with E-state index in [4.69, 9.17) is 10.8 Å². The van der Waals surface area contributed by atoms with Gasteiger partial charge in [0.05, 0.1) is 6.10 Å². The lowest BCUT2D eigenvalue weighted by molar-refractivity contribution is -0.139. The fourth-order valence-corrected chi connectivity index (χ4v) is 0.695. The smallest absolute Gasteiger partial charge is 0.320 e. The van der Waals surface area contributed by atoms with E-state index in [1.54, 1.807) is 0 Å². The predicted molar refractivity (Wildman–Crippen MR) is 45.7 cm³/mol. The molecular formula is C8H17NO3. The highest BCUT2D eigenvalue weighted by atomic mass is 16.4. The number of carbonyl (C=O) groups is 1. The van der Waals surface area contributed by atoms with E-state index >= 15 is 0 Å². The molecule has 4 N–H and O–H groups in total. The van der Waals surface area contributed by atoms with Crippen LogP contribution in [0.15, 0.2) is 0 Å². The normalized spacial score (nSPS) is 17.1. The fraction of sp³-hybridized carbons (Fsp3) is 0.875. The second-order valence-electron chi connectivity index (χ2n) is 4.06. The maximum atomic E-state index is 10.3. The summed E-state index contributed by atoms with van der Waals surface area (Å²) in [5.41, 5.74) is 4.94. The van der Waals surface area contributed by atoms with Crippen LogP contribution >= 0.6 is 0 Å². The van der Waals surface area contributed by atoms with Gasteiger partial charge in [0.1, 0.15) is 6.04 Å². The first-order chi connectivity index (χ1) is 5.25. The van der Waals surface area contributed by atoms with Crippen LogP contribution in [0.25, 0.3) is 0 Å². The minimum Gasteiger partial charge on any atom is -0.480 e. The van der Waals surface area contributed by atoms with E-state index in [-0.39, 0.29) is 11.8 Å². The van der Waals surface area contributed by atoms with Crippen LogP contribution in [0.3, 0.4) is 0 Å². The number of hydrogen-bond donors (Lipinski definition) is 3. The fourth-order valence-electron chi connectivity index (χ4n) is 0.695. The Morgan fingerprint density at radius 3 is 2.17 bits per heavy atom. The van der Waals surface area contributed by atoms with Crippen molar-refractivity contribution in [3.8, 4) is 0 Å². The Bertz CT molecular complexity index is 162. The van der Waals surface area contributed by atoms with E-state index in [0.717, 1.165) is 0 Å². The molecule has 0 amide bonds. The van der Waals surface area contributed by atoms with Crippen LogP contribution in [0.5, 0.6) is 0 Å². The Kier molecular flexibility index (Phi) is 3.67. The lowest BCUT2D eigenvalue weighted by Gasteiger charge is -2.26. The average Bonchev–Trinajstić information content (AvgIpc) is 1.85. The SMILES string of the molecule is CC(C)(C)[C@@H](O)C[C@@H](N)C(=O)O. The summed E-state index contributed by atoms with van der Waals surface area (Å²) in [4.78, 5) is 10.3. The van der Waals surface area contributed by atoms with E-state index < -0.39 is 18.1 Å². The van der Waals surface area contributed by atoms with E-state index in [2.05, 4.69) is 0 Å². The molecule has 0 aromatic heterocycles. The molecule has 0 aliphatic carbocycles. The molecule has 2 atom stereocenters.